The van der Waals surface area contributed by atoms with Crippen LogP contribution in [-0.2, 0) is 4.79 Å². The summed E-state index contributed by atoms with van der Waals surface area (Å²) in [5.41, 5.74) is 5.84. The number of likely N-dealkylation sites (tertiary alicyclic amines) is 1. The predicted octanol–water partition coefficient (Wildman–Crippen LogP) is 1.96. The summed E-state index contributed by atoms with van der Waals surface area (Å²) in [6.45, 7) is 2.69. The molecule has 0 aliphatic carbocycles. The molecule has 1 aromatic rings. The quantitative estimate of drug-likeness (QED) is 0.904. The molecule has 1 aliphatic rings. The predicted molar refractivity (Wildman–Crippen MR) is 79.6 cm³/mol. The molecule has 0 aromatic carbocycles. The van der Waals surface area contributed by atoms with Crippen molar-refractivity contribution in [2.45, 2.75) is 18.9 Å². The number of nitrogens with two attached hydrogens (primary N) is 1. The monoisotopic (exact) mass is 301 g/mol. The van der Waals surface area contributed by atoms with Gasteiger partial charge in [-0.3, -0.25) is 9.69 Å². The van der Waals surface area contributed by atoms with E-state index in [0.717, 1.165) is 35.1 Å². The lowest BCUT2D eigenvalue weighted by Crippen LogP contribution is -2.40. The van der Waals surface area contributed by atoms with E-state index in [0.29, 0.717) is 13.1 Å². The van der Waals surface area contributed by atoms with Gasteiger partial charge in [0.25, 0.3) is 0 Å². The van der Waals surface area contributed by atoms with Gasteiger partial charge in [0, 0.05) is 24.5 Å². The van der Waals surface area contributed by atoms with Gasteiger partial charge in [-0.15, -0.1) is 11.3 Å². The van der Waals surface area contributed by atoms with Crippen LogP contribution >= 0.6 is 22.9 Å². The highest BCUT2D eigenvalue weighted by Gasteiger charge is 2.23. The van der Waals surface area contributed by atoms with E-state index in [4.69, 9.17) is 17.3 Å². The molecule has 4 nitrogen and oxygen atoms in total. The first-order valence-corrected chi connectivity index (χ1v) is 7.74. The first-order valence-electron chi connectivity index (χ1n) is 6.55. The lowest BCUT2D eigenvalue weighted by atomic mass is 10.2. The Bertz CT molecular complexity index is 431. The van der Waals surface area contributed by atoms with Crippen molar-refractivity contribution >= 4 is 28.8 Å². The fourth-order valence-corrected chi connectivity index (χ4v) is 3.65. The van der Waals surface area contributed by atoms with Crippen molar-refractivity contribution in [2.24, 2.45) is 5.73 Å². The lowest BCUT2D eigenvalue weighted by molar-refractivity contribution is -0.131. The molecule has 1 aromatic heterocycles. The molecule has 1 fully saturated rings. The average Bonchev–Trinajstić information content (AvgIpc) is 3.01. The van der Waals surface area contributed by atoms with Crippen molar-refractivity contribution in [3.63, 3.8) is 0 Å². The topological polar surface area (TPSA) is 49.6 Å². The van der Waals surface area contributed by atoms with Crippen LogP contribution in [0.3, 0.4) is 0 Å². The van der Waals surface area contributed by atoms with Crippen molar-refractivity contribution in [1.29, 1.82) is 0 Å². The minimum absolute atomic E-state index is 0.0593. The van der Waals surface area contributed by atoms with Crippen molar-refractivity contribution in [2.75, 3.05) is 33.2 Å². The lowest BCUT2D eigenvalue weighted by Gasteiger charge is -2.27. The second kappa shape index (κ2) is 6.70. The summed E-state index contributed by atoms with van der Waals surface area (Å²) in [7, 11) is 1.94. The van der Waals surface area contributed by atoms with E-state index in [9.17, 15) is 4.79 Å². The zero-order valence-electron chi connectivity index (χ0n) is 11.1. The first kappa shape index (κ1) is 14.8. The minimum atomic E-state index is 0.0593. The summed E-state index contributed by atoms with van der Waals surface area (Å²) in [4.78, 5) is 17.2. The number of hydrogen-bond donors (Lipinski definition) is 1. The molecular formula is C13H20ClN3OS. The van der Waals surface area contributed by atoms with E-state index in [1.54, 1.807) is 0 Å². The molecule has 0 bridgehead atoms. The standard InChI is InChI=1S/C13H20ClN3OS/c1-16(9-13(18)17-6-2-3-7-17)10(8-15)11-4-5-12(14)19-11/h4-5,10H,2-3,6-9,15H2,1H3. The van der Waals surface area contributed by atoms with Crippen LogP contribution in [0.15, 0.2) is 12.1 Å². The number of carbonyl (C=O) groups excluding carboxylic acids is 1. The number of halogens is 1. The summed E-state index contributed by atoms with van der Waals surface area (Å²) in [6, 6.07) is 3.92. The first-order chi connectivity index (χ1) is 9.11. The van der Waals surface area contributed by atoms with Crippen LogP contribution in [0.4, 0.5) is 0 Å². The maximum Gasteiger partial charge on any atom is 0.236 e. The van der Waals surface area contributed by atoms with Crippen LogP contribution in [0.25, 0.3) is 0 Å². The van der Waals surface area contributed by atoms with Crippen LogP contribution in [0.2, 0.25) is 4.34 Å². The Morgan fingerprint density at radius 3 is 2.74 bits per heavy atom. The number of carbonyl (C=O) groups is 1. The smallest absolute Gasteiger partial charge is 0.236 e. The Hall–Kier alpha value is -0.620. The van der Waals surface area contributed by atoms with E-state index in [1.165, 1.54) is 11.3 Å². The molecule has 0 spiro atoms. The third-order valence-corrected chi connectivity index (χ3v) is 4.85. The Kier molecular flexibility index (Phi) is 5.21. The van der Waals surface area contributed by atoms with Crippen molar-refractivity contribution in [3.05, 3.63) is 21.3 Å². The molecule has 0 saturated carbocycles. The molecule has 1 atom stereocenters. The summed E-state index contributed by atoms with van der Waals surface area (Å²) < 4.78 is 0.757. The molecule has 19 heavy (non-hydrogen) atoms. The fraction of sp³-hybridized carbons (Fsp3) is 0.615. The Balaban J connectivity index is 1.96. The van der Waals surface area contributed by atoms with E-state index in [1.807, 2.05) is 29.0 Å². The summed E-state index contributed by atoms with van der Waals surface area (Å²) in [5.74, 6) is 0.195. The third kappa shape index (κ3) is 3.69. The number of thiophene rings is 1. The maximum atomic E-state index is 12.1. The van der Waals surface area contributed by atoms with E-state index >= 15 is 0 Å². The highest BCUT2D eigenvalue weighted by Crippen LogP contribution is 2.29. The second-order valence-corrected chi connectivity index (χ2v) is 6.64. The van der Waals surface area contributed by atoms with Crippen LogP contribution in [0.5, 0.6) is 0 Å². The summed E-state index contributed by atoms with van der Waals surface area (Å²) >= 11 is 7.49. The summed E-state index contributed by atoms with van der Waals surface area (Å²) in [5, 5.41) is 0. The highest BCUT2D eigenvalue weighted by molar-refractivity contribution is 7.16. The summed E-state index contributed by atoms with van der Waals surface area (Å²) in [6.07, 6.45) is 2.24. The van der Waals surface area contributed by atoms with E-state index < -0.39 is 0 Å². The van der Waals surface area contributed by atoms with Crippen LogP contribution in [0.1, 0.15) is 23.8 Å². The van der Waals surface area contributed by atoms with E-state index in [2.05, 4.69) is 0 Å². The normalized spacial score (nSPS) is 17.2. The molecule has 0 radical (unpaired) electrons. The van der Waals surface area contributed by atoms with Gasteiger partial charge in [-0.05, 0) is 32.0 Å². The Morgan fingerprint density at radius 1 is 1.53 bits per heavy atom. The van der Waals surface area contributed by atoms with Gasteiger partial charge >= 0.3 is 0 Å². The van der Waals surface area contributed by atoms with Gasteiger partial charge in [0.2, 0.25) is 5.91 Å². The maximum absolute atomic E-state index is 12.1. The van der Waals surface area contributed by atoms with Crippen molar-refractivity contribution in [3.8, 4) is 0 Å². The Morgan fingerprint density at radius 2 is 2.21 bits per heavy atom. The number of rotatable bonds is 5. The van der Waals surface area contributed by atoms with Crippen LogP contribution in [-0.4, -0.2) is 48.9 Å². The van der Waals surface area contributed by atoms with E-state index in [-0.39, 0.29) is 11.9 Å². The molecule has 1 saturated heterocycles. The highest BCUT2D eigenvalue weighted by atomic mass is 35.5. The molecule has 2 rings (SSSR count). The van der Waals surface area contributed by atoms with Crippen LogP contribution < -0.4 is 5.73 Å². The fourth-order valence-electron chi connectivity index (χ4n) is 2.41. The van der Waals surface area contributed by atoms with Crippen molar-refractivity contribution < 1.29 is 4.79 Å². The van der Waals surface area contributed by atoms with Gasteiger partial charge in [0.1, 0.15) is 0 Å². The SMILES string of the molecule is CN(CC(=O)N1CCCC1)C(CN)c1ccc(Cl)s1. The number of likely N-dealkylation sites (N-methyl/N-ethyl adjacent to an activating group) is 1. The van der Waals surface area contributed by atoms with Crippen molar-refractivity contribution in [1.82, 2.24) is 9.80 Å². The average molecular weight is 302 g/mol. The van der Waals surface area contributed by atoms with Gasteiger partial charge in [-0.25, -0.2) is 0 Å². The van der Waals surface area contributed by atoms with Crippen LogP contribution in [0, 0.1) is 0 Å². The van der Waals surface area contributed by atoms with Gasteiger partial charge in [-0.1, -0.05) is 11.6 Å². The molecule has 1 aliphatic heterocycles. The van der Waals surface area contributed by atoms with Gasteiger partial charge in [0.05, 0.1) is 16.9 Å². The molecular weight excluding hydrogens is 282 g/mol. The van der Waals surface area contributed by atoms with Gasteiger partial charge in [0.15, 0.2) is 0 Å². The number of hydrogen-bond acceptors (Lipinski definition) is 4. The second-order valence-electron chi connectivity index (χ2n) is 4.90. The van der Waals surface area contributed by atoms with Gasteiger partial charge in [-0.2, -0.15) is 0 Å². The number of nitrogens with zero attached hydrogens (tertiary/aromatic N) is 2. The number of amides is 1. The Labute approximate surface area is 123 Å². The zero-order chi connectivity index (χ0) is 13.8. The third-order valence-electron chi connectivity index (χ3n) is 3.52. The largest absolute Gasteiger partial charge is 0.342 e. The molecule has 2 heterocycles. The minimum Gasteiger partial charge on any atom is -0.342 e. The zero-order valence-corrected chi connectivity index (χ0v) is 12.7. The molecule has 1 unspecified atom stereocenters. The molecule has 106 valence electrons. The molecule has 2 N–H and O–H groups in total. The molecule has 1 amide bonds. The van der Waals surface area contributed by atoms with Gasteiger partial charge < -0.3 is 10.6 Å². The molecule has 6 heteroatoms.